The zero-order chi connectivity index (χ0) is 13.1. The lowest BCUT2D eigenvalue weighted by Crippen LogP contribution is -2.25. The highest BCUT2D eigenvalue weighted by Gasteiger charge is 2.14. The van der Waals surface area contributed by atoms with Crippen molar-refractivity contribution >= 4 is 33.3 Å². The van der Waals surface area contributed by atoms with E-state index in [0.717, 1.165) is 16.0 Å². The molecule has 0 saturated heterocycles. The average molecular weight is 262 g/mol. The molecule has 3 N–H and O–H groups in total. The third kappa shape index (κ3) is 2.34. The van der Waals surface area contributed by atoms with E-state index >= 15 is 0 Å². The van der Waals surface area contributed by atoms with Crippen molar-refractivity contribution < 1.29 is 0 Å². The van der Waals surface area contributed by atoms with Crippen molar-refractivity contribution in [2.75, 3.05) is 23.9 Å². The van der Waals surface area contributed by atoms with Gasteiger partial charge in [-0.1, -0.05) is 0 Å². The maximum Gasteiger partial charge on any atom is 0.240 e. The lowest BCUT2D eigenvalue weighted by atomic mass is 10.2. The fourth-order valence-corrected chi connectivity index (χ4v) is 2.49. The highest BCUT2D eigenvalue weighted by molar-refractivity contribution is 7.16. The van der Waals surface area contributed by atoms with E-state index in [1.807, 2.05) is 30.3 Å². The number of anilines is 2. The highest BCUT2D eigenvalue weighted by atomic mass is 32.1. The zero-order valence-corrected chi connectivity index (χ0v) is 11.0. The SMILES string of the molecule is CC(C#N)CN(C)c1nc(NN)nc2sccc12. The summed E-state index contributed by atoms with van der Waals surface area (Å²) in [4.78, 5) is 11.5. The van der Waals surface area contributed by atoms with E-state index in [1.165, 1.54) is 11.3 Å². The summed E-state index contributed by atoms with van der Waals surface area (Å²) >= 11 is 1.53. The predicted molar refractivity (Wildman–Crippen MR) is 73.3 cm³/mol. The molecule has 2 aromatic heterocycles. The van der Waals surface area contributed by atoms with Crippen LogP contribution in [0.5, 0.6) is 0 Å². The number of hydrazine groups is 1. The van der Waals surface area contributed by atoms with Crippen molar-refractivity contribution in [1.82, 2.24) is 9.97 Å². The van der Waals surface area contributed by atoms with Crippen LogP contribution in [0.4, 0.5) is 11.8 Å². The quantitative estimate of drug-likeness (QED) is 0.642. The second-order valence-corrected chi connectivity index (χ2v) is 4.96. The van der Waals surface area contributed by atoms with Crippen LogP contribution in [0.2, 0.25) is 0 Å². The Morgan fingerprint density at radius 1 is 1.61 bits per heavy atom. The lowest BCUT2D eigenvalue weighted by molar-refractivity contribution is 0.712. The van der Waals surface area contributed by atoms with E-state index in [4.69, 9.17) is 11.1 Å². The van der Waals surface area contributed by atoms with Crippen LogP contribution in [0.3, 0.4) is 0 Å². The van der Waals surface area contributed by atoms with Gasteiger partial charge in [0.2, 0.25) is 5.95 Å². The van der Waals surface area contributed by atoms with Crippen molar-refractivity contribution in [1.29, 1.82) is 5.26 Å². The van der Waals surface area contributed by atoms with Crippen LogP contribution < -0.4 is 16.2 Å². The number of nitrogen functional groups attached to an aromatic ring is 1. The molecule has 0 amide bonds. The van der Waals surface area contributed by atoms with Gasteiger partial charge in [-0.3, -0.25) is 5.43 Å². The summed E-state index contributed by atoms with van der Waals surface area (Å²) in [5.74, 6) is 6.48. The monoisotopic (exact) mass is 262 g/mol. The van der Waals surface area contributed by atoms with Crippen LogP contribution >= 0.6 is 11.3 Å². The Morgan fingerprint density at radius 2 is 2.39 bits per heavy atom. The summed E-state index contributed by atoms with van der Waals surface area (Å²) in [7, 11) is 1.91. The summed E-state index contributed by atoms with van der Waals surface area (Å²) in [6, 6.07) is 4.19. The number of nitrogens with one attached hydrogen (secondary N) is 1. The molecule has 0 bridgehead atoms. The molecule has 2 heterocycles. The molecule has 94 valence electrons. The van der Waals surface area contributed by atoms with Crippen molar-refractivity contribution in [3.63, 3.8) is 0 Å². The molecular weight excluding hydrogens is 248 g/mol. The van der Waals surface area contributed by atoms with Crippen LogP contribution in [-0.4, -0.2) is 23.6 Å². The van der Waals surface area contributed by atoms with Crippen LogP contribution in [0.15, 0.2) is 11.4 Å². The molecule has 0 aromatic carbocycles. The number of thiophene rings is 1. The maximum atomic E-state index is 8.86. The third-order valence-corrected chi connectivity index (χ3v) is 3.37. The van der Waals surface area contributed by atoms with E-state index in [0.29, 0.717) is 12.5 Å². The van der Waals surface area contributed by atoms with Crippen LogP contribution in [0.1, 0.15) is 6.92 Å². The van der Waals surface area contributed by atoms with Crippen LogP contribution in [0, 0.1) is 17.2 Å². The first-order valence-electron chi connectivity index (χ1n) is 5.48. The average Bonchev–Trinajstić information content (AvgIpc) is 2.85. The molecule has 1 atom stereocenters. The smallest absolute Gasteiger partial charge is 0.240 e. The molecule has 1 unspecified atom stereocenters. The largest absolute Gasteiger partial charge is 0.358 e. The molecule has 2 aromatic rings. The van der Waals surface area contributed by atoms with Gasteiger partial charge in [0.05, 0.1) is 17.4 Å². The first-order chi connectivity index (χ1) is 8.65. The van der Waals surface area contributed by atoms with Gasteiger partial charge in [0.1, 0.15) is 10.6 Å². The van der Waals surface area contributed by atoms with Crippen LogP contribution in [-0.2, 0) is 0 Å². The van der Waals surface area contributed by atoms with Gasteiger partial charge >= 0.3 is 0 Å². The first kappa shape index (κ1) is 12.5. The Bertz CT molecular complexity index is 587. The van der Waals surface area contributed by atoms with Gasteiger partial charge in [-0.2, -0.15) is 10.2 Å². The molecule has 0 saturated carbocycles. The second kappa shape index (κ2) is 5.16. The fourth-order valence-electron chi connectivity index (χ4n) is 1.73. The third-order valence-electron chi connectivity index (χ3n) is 2.56. The number of nitrogens with zero attached hydrogens (tertiary/aromatic N) is 4. The minimum Gasteiger partial charge on any atom is -0.358 e. The predicted octanol–water partition coefficient (Wildman–Crippen LogP) is 1.57. The van der Waals surface area contributed by atoms with Crippen LogP contribution in [0.25, 0.3) is 10.2 Å². The Hall–Kier alpha value is -1.91. The first-order valence-corrected chi connectivity index (χ1v) is 6.36. The normalized spacial score (nSPS) is 12.1. The minimum atomic E-state index is -0.0621. The molecule has 2 rings (SSSR count). The number of fused-ring (bicyclic) bond motifs is 1. The Kier molecular flexibility index (Phi) is 3.60. The summed E-state index contributed by atoms with van der Waals surface area (Å²) in [5, 5.41) is 11.8. The van der Waals surface area contributed by atoms with Gasteiger partial charge in [-0.25, -0.2) is 10.8 Å². The zero-order valence-electron chi connectivity index (χ0n) is 10.2. The standard InChI is InChI=1S/C11H14N6S/c1-7(5-12)6-17(2)9-8-3-4-18-10(8)15-11(14-9)16-13/h3-4,7H,6,13H2,1-2H3,(H,14,15,16). The summed E-state index contributed by atoms with van der Waals surface area (Å²) in [6.07, 6.45) is 0. The molecule has 0 spiro atoms. The summed E-state index contributed by atoms with van der Waals surface area (Å²) in [5.41, 5.74) is 2.46. The molecule has 0 aliphatic carbocycles. The molecule has 0 aliphatic rings. The minimum absolute atomic E-state index is 0.0621. The van der Waals surface area contributed by atoms with Crippen molar-refractivity contribution in [2.24, 2.45) is 11.8 Å². The number of nitrogens with two attached hydrogens (primary N) is 1. The summed E-state index contributed by atoms with van der Waals surface area (Å²) in [6.45, 7) is 2.49. The highest BCUT2D eigenvalue weighted by Crippen LogP contribution is 2.28. The summed E-state index contributed by atoms with van der Waals surface area (Å²) < 4.78 is 0. The number of hydrogen-bond donors (Lipinski definition) is 2. The van der Waals surface area contributed by atoms with E-state index in [9.17, 15) is 0 Å². The molecular formula is C11H14N6S. The van der Waals surface area contributed by atoms with Crippen molar-refractivity contribution in [2.45, 2.75) is 6.92 Å². The van der Waals surface area contributed by atoms with E-state index in [-0.39, 0.29) is 5.92 Å². The van der Waals surface area contributed by atoms with Gasteiger partial charge in [0.15, 0.2) is 0 Å². The Morgan fingerprint density at radius 3 is 3.06 bits per heavy atom. The number of aromatic nitrogens is 2. The van der Waals surface area contributed by atoms with E-state index in [2.05, 4.69) is 21.5 Å². The number of nitriles is 1. The topological polar surface area (TPSA) is 90.9 Å². The van der Waals surface area contributed by atoms with Gasteiger partial charge in [0, 0.05) is 13.6 Å². The van der Waals surface area contributed by atoms with Gasteiger partial charge in [-0.05, 0) is 18.4 Å². The molecule has 0 fully saturated rings. The van der Waals surface area contributed by atoms with E-state index < -0.39 is 0 Å². The second-order valence-electron chi connectivity index (χ2n) is 4.07. The molecule has 18 heavy (non-hydrogen) atoms. The van der Waals surface area contributed by atoms with Gasteiger partial charge < -0.3 is 4.90 Å². The number of hydrogen-bond acceptors (Lipinski definition) is 7. The maximum absolute atomic E-state index is 8.86. The Balaban J connectivity index is 2.42. The van der Waals surface area contributed by atoms with E-state index in [1.54, 1.807) is 0 Å². The lowest BCUT2D eigenvalue weighted by Gasteiger charge is -2.20. The van der Waals surface area contributed by atoms with Gasteiger partial charge in [-0.15, -0.1) is 11.3 Å². The fraction of sp³-hybridized carbons (Fsp3) is 0.364. The van der Waals surface area contributed by atoms with Crippen molar-refractivity contribution in [3.05, 3.63) is 11.4 Å². The van der Waals surface area contributed by atoms with Crippen molar-refractivity contribution in [3.8, 4) is 6.07 Å². The Labute approximate surface area is 109 Å². The molecule has 6 nitrogen and oxygen atoms in total. The number of rotatable bonds is 4. The van der Waals surface area contributed by atoms with Gasteiger partial charge in [0.25, 0.3) is 0 Å². The molecule has 0 aliphatic heterocycles. The molecule has 7 heteroatoms. The molecule has 0 radical (unpaired) electrons.